The predicted molar refractivity (Wildman–Crippen MR) is 62.4 cm³/mol. The molecule has 92 valence electrons. The van der Waals surface area contributed by atoms with Gasteiger partial charge in [0.25, 0.3) is 0 Å². The number of carbonyl (C=O) groups excluding carboxylic acids is 1. The maximum absolute atomic E-state index is 11.4. The molecule has 1 aliphatic rings. The summed E-state index contributed by atoms with van der Waals surface area (Å²) in [6, 6.07) is 0.0994. The van der Waals surface area contributed by atoms with Crippen LogP contribution in [0.4, 0.5) is 4.79 Å². The highest BCUT2D eigenvalue weighted by molar-refractivity contribution is 5.67. The zero-order valence-corrected chi connectivity index (χ0v) is 10.3. The largest absolute Gasteiger partial charge is 0.442 e. The molecule has 1 N–H and O–H groups in total. The number of ether oxygens (including phenoxy) is 2. The van der Waals surface area contributed by atoms with Crippen molar-refractivity contribution in [1.29, 1.82) is 0 Å². The van der Waals surface area contributed by atoms with E-state index in [0.29, 0.717) is 6.61 Å². The quantitative estimate of drug-likeness (QED) is 0.736. The Morgan fingerprint density at radius 2 is 2.31 bits per heavy atom. The maximum atomic E-state index is 11.4. The van der Waals surface area contributed by atoms with Gasteiger partial charge in [0, 0.05) is 12.5 Å². The van der Waals surface area contributed by atoms with Crippen molar-refractivity contribution in [3.05, 3.63) is 11.6 Å². The number of hydrogen-bond acceptors (Lipinski definition) is 3. The average Bonchev–Trinajstić information content (AvgIpc) is 2.11. The van der Waals surface area contributed by atoms with Crippen LogP contribution < -0.4 is 5.32 Å². The van der Waals surface area contributed by atoms with Gasteiger partial charge in [-0.2, -0.15) is 0 Å². The zero-order valence-electron chi connectivity index (χ0n) is 10.3. The molecule has 4 heteroatoms. The Bertz CT molecular complexity index is 261. The lowest BCUT2D eigenvalue weighted by atomic mass is 10.1. The monoisotopic (exact) mass is 227 g/mol. The van der Waals surface area contributed by atoms with E-state index in [9.17, 15) is 4.79 Å². The van der Waals surface area contributed by atoms with E-state index in [1.807, 2.05) is 26.8 Å². The minimum absolute atomic E-state index is 0.0994. The van der Waals surface area contributed by atoms with Gasteiger partial charge in [-0.1, -0.05) is 5.57 Å². The average molecular weight is 227 g/mol. The third kappa shape index (κ3) is 5.16. The van der Waals surface area contributed by atoms with Crippen LogP contribution in [-0.2, 0) is 9.47 Å². The van der Waals surface area contributed by atoms with Gasteiger partial charge in [-0.15, -0.1) is 0 Å². The molecule has 0 radical (unpaired) electrons. The van der Waals surface area contributed by atoms with E-state index in [1.54, 1.807) is 0 Å². The van der Waals surface area contributed by atoms with Gasteiger partial charge < -0.3 is 14.8 Å². The van der Waals surface area contributed by atoms with Crippen LogP contribution in [0.15, 0.2) is 11.6 Å². The summed E-state index contributed by atoms with van der Waals surface area (Å²) in [5, 5.41) is 2.71. The fraction of sp³-hybridized carbons (Fsp3) is 0.750. The van der Waals surface area contributed by atoms with Crippen LogP contribution in [0.25, 0.3) is 0 Å². The molecule has 4 nitrogen and oxygen atoms in total. The molecule has 1 atom stereocenters. The van der Waals surface area contributed by atoms with E-state index in [4.69, 9.17) is 9.47 Å². The van der Waals surface area contributed by atoms with Crippen LogP contribution >= 0.6 is 0 Å². The summed E-state index contributed by atoms with van der Waals surface area (Å²) in [4.78, 5) is 11.4. The molecule has 0 aromatic carbocycles. The minimum Gasteiger partial charge on any atom is -0.442 e. The van der Waals surface area contributed by atoms with Crippen molar-refractivity contribution in [3.8, 4) is 0 Å². The second-order valence-corrected chi connectivity index (χ2v) is 4.41. The van der Waals surface area contributed by atoms with E-state index in [-0.39, 0.29) is 18.2 Å². The second-order valence-electron chi connectivity index (χ2n) is 4.41. The molecule has 16 heavy (non-hydrogen) atoms. The molecular weight excluding hydrogens is 206 g/mol. The van der Waals surface area contributed by atoms with Gasteiger partial charge in [-0.3, -0.25) is 0 Å². The number of hydrogen-bond donors (Lipinski definition) is 1. The van der Waals surface area contributed by atoms with Crippen molar-refractivity contribution in [3.63, 3.8) is 0 Å². The molecule has 0 fully saturated rings. The summed E-state index contributed by atoms with van der Waals surface area (Å²) < 4.78 is 10.7. The molecule has 0 aliphatic carbocycles. The summed E-state index contributed by atoms with van der Waals surface area (Å²) >= 11 is 0. The van der Waals surface area contributed by atoms with Crippen LogP contribution in [0.2, 0.25) is 0 Å². The highest BCUT2D eigenvalue weighted by atomic mass is 16.6. The molecule has 0 aromatic heterocycles. The van der Waals surface area contributed by atoms with Gasteiger partial charge in [0.1, 0.15) is 6.10 Å². The van der Waals surface area contributed by atoms with Crippen molar-refractivity contribution in [2.24, 2.45) is 0 Å². The number of nitrogens with one attached hydrogen (secondary N) is 1. The smallest absolute Gasteiger partial charge is 0.407 e. The molecule has 0 bridgehead atoms. The summed E-state index contributed by atoms with van der Waals surface area (Å²) in [5.74, 6) is 0. The van der Waals surface area contributed by atoms with Gasteiger partial charge in [0.15, 0.2) is 0 Å². The van der Waals surface area contributed by atoms with E-state index < -0.39 is 0 Å². The lowest BCUT2D eigenvalue weighted by molar-refractivity contribution is 0.0721. The van der Waals surface area contributed by atoms with E-state index in [1.165, 1.54) is 5.57 Å². The Kier molecular flexibility index (Phi) is 5.32. The Labute approximate surface area is 97.0 Å². The number of amides is 1. The lowest BCUT2D eigenvalue weighted by Crippen LogP contribution is -2.34. The van der Waals surface area contributed by atoms with E-state index in [2.05, 4.69) is 5.32 Å². The van der Waals surface area contributed by atoms with Crippen LogP contribution in [0.3, 0.4) is 0 Å². The summed E-state index contributed by atoms with van der Waals surface area (Å²) in [5.41, 5.74) is 1.21. The first kappa shape index (κ1) is 13.0. The van der Waals surface area contributed by atoms with Gasteiger partial charge in [0.05, 0.1) is 13.2 Å². The Morgan fingerprint density at radius 3 is 3.00 bits per heavy atom. The third-order valence-corrected chi connectivity index (χ3v) is 2.32. The maximum Gasteiger partial charge on any atom is 0.407 e. The van der Waals surface area contributed by atoms with Gasteiger partial charge in [-0.25, -0.2) is 4.79 Å². The Hall–Kier alpha value is -1.03. The Morgan fingerprint density at radius 1 is 1.56 bits per heavy atom. The predicted octanol–water partition coefficient (Wildman–Crippen LogP) is 2.25. The van der Waals surface area contributed by atoms with Crippen molar-refractivity contribution < 1.29 is 14.3 Å². The molecular formula is C12H21NO3. The summed E-state index contributed by atoms with van der Waals surface area (Å²) in [6.45, 7) is 7.25. The second kappa shape index (κ2) is 6.53. The minimum atomic E-state index is -0.357. The molecule has 0 saturated carbocycles. The molecule has 1 amide bonds. The zero-order chi connectivity index (χ0) is 12.0. The fourth-order valence-electron chi connectivity index (χ4n) is 1.52. The lowest BCUT2D eigenvalue weighted by Gasteiger charge is -2.19. The molecule has 1 heterocycles. The van der Waals surface area contributed by atoms with Crippen molar-refractivity contribution in [2.45, 2.75) is 45.8 Å². The summed E-state index contributed by atoms with van der Waals surface area (Å²) in [6.07, 6.45) is 3.13. The fourth-order valence-corrected chi connectivity index (χ4v) is 1.52. The topological polar surface area (TPSA) is 47.6 Å². The highest BCUT2D eigenvalue weighted by Gasteiger charge is 2.14. The molecule has 1 unspecified atom stereocenters. The SMILES string of the molecule is C/C1=C\C(OC(=O)NC(C)C)CCOCC1. The highest BCUT2D eigenvalue weighted by Crippen LogP contribution is 2.11. The number of carbonyl (C=O) groups is 1. The standard InChI is InChI=1S/C12H21NO3/c1-9(2)13-12(14)16-11-5-7-15-6-4-10(3)8-11/h8-9,11H,4-7H2,1-3H3,(H,13,14)/b10-8+. The first-order chi connectivity index (χ1) is 7.58. The number of rotatable bonds is 2. The van der Waals surface area contributed by atoms with Gasteiger partial charge in [-0.05, 0) is 33.3 Å². The van der Waals surface area contributed by atoms with Gasteiger partial charge in [0.2, 0.25) is 0 Å². The first-order valence-corrected chi connectivity index (χ1v) is 5.80. The van der Waals surface area contributed by atoms with Crippen LogP contribution in [-0.4, -0.2) is 31.5 Å². The van der Waals surface area contributed by atoms with Crippen molar-refractivity contribution in [2.75, 3.05) is 13.2 Å². The van der Waals surface area contributed by atoms with Crippen molar-refractivity contribution in [1.82, 2.24) is 5.32 Å². The molecule has 0 aromatic rings. The van der Waals surface area contributed by atoms with Crippen LogP contribution in [0, 0.1) is 0 Å². The molecule has 1 rings (SSSR count). The summed E-state index contributed by atoms with van der Waals surface area (Å²) in [7, 11) is 0. The third-order valence-electron chi connectivity index (χ3n) is 2.32. The molecule has 0 spiro atoms. The van der Waals surface area contributed by atoms with Gasteiger partial charge >= 0.3 is 6.09 Å². The molecule has 0 saturated heterocycles. The van der Waals surface area contributed by atoms with Crippen LogP contribution in [0.5, 0.6) is 0 Å². The van der Waals surface area contributed by atoms with Crippen LogP contribution in [0.1, 0.15) is 33.6 Å². The first-order valence-electron chi connectivity index (χ1n) is 5.80. The van der Waals surface area contributed by atoms with E-state index in [0.717, 1.165) is 19.4 Å². The molecule has 1 aliphatic heterocycles. The number of alkyl carbamates (subject to hydrolysis) is 1. The van der Waals surface area contributed by atoms with E-state index >= 15 is 0 Å². The van der Waals surface area contributed by atoms with Crippen molar-refractivity contribution >= 4 is 6.09 Å². The normalized spacial score (nSPS) is 25.2. The Balaban J connectivity index is 2.46.